The van der Waals surface area contributed by atoms with Crippen molar-refractivity contribution in [2.24, 2.45) is 20.0 Å². The van der Waals surface area contributed by atoms with Crippen molar-refractivity contribution < 1.29 is 14.7 Å². The molecule has 2 aliphatic heterocycles. The van der Waals surface area contributed by atoms with E-state index in [4.69, 9.17) is 0 Å². The van der Waals surface area contributed by atoms with E-state index in [1.807, 2.05) is 89.4 Å². The first kappa shape index (κ1) is 30.2. The van der Waals surface area contributed by atoms with Gasteiger partial charge in [-0.15, -0.1) is 11.3 Å². The number of nitrogens with zero attached hydrogens (tertiary/aromatic N) is 6. The molecule has 2 fully saturated rings. The SMILES string of the molecule is Cn1ccc(-c2ccc(C(=O)N3CC[C@@H](C(=O)N4CCC(O)(Cn5cnc6c(ccn6C)c5=O)CC4)[C@H](c4ccccc4)C3)s2)c1. The highest BCUT2D eigenvalue weighted by atomic mass is 32.1. The number of rotatable bonds is 6. The van der Waals surface area contributed by atoms with Crippen LogP contribution in [0.25, 0.3) is 21.5 Å². The maximum absolute atomic E-state index is 14.1. The van der Waals surface area contributed by atoms with Crippen molar-refractivity contribution in [3.8, 4) is 10.4 Å². The Morgan fingerprint density at radius 3 is 2.50 bits per heavy atom. The maximum atomic E-state index is 14.1. The lowest BCUT2D eigenvalue weighted by Gasteiger charge is -2.43. The molecule has 11 heteroatoms. The van der Waals surface area contributed by atoms with E-state index in [1.54, 1.807) is 16.8 Å². The molecule has 4 aromatic heterocycles. The fourth-order valence-electron chi connectivity index (χ4n) is 7.03. The molecule has 0 spiro atoms. The molecule has 1 aromatic carbocycles. The third-order valence-electron chi connectivity index (χ3n) is 9.70. The predicted molar refractivity (Wildman–Crippen MR) is 178 cm³/mol. The van der Waals surface area contributed by atoms with E-state index in [-0.39, 0.29) is 35.8 Å². The zero-order valence-electron chi connectivity index (χ0n) is 26.1. The van der Waals surface area contributed by atoms with E-state index in [1.165, 1.54) is 22.2 Å². The summed E-state index contributed by atoms with van der Waals surface area (Å²) in [5, 5.41) is 12.0. The van der Waals surface area contributed by atoms with Gasteiger partial charge in [-0.05, 0) is 49.1 Å². The Labute approximate surface area is 271 Å². The Morgan fingerprint density at radius 1 is 0.978 bits per heavy atom. The average molecular weight is 639 g/mol. The number of benzene rings is 1. The molecule has 6 heterocycles. The van der Waals surface area contributed by atoms with Crippen LogP contribution in [0.4, 0.5) is 0 Å². The highest BCUT2D eigenvalue weighted by Crippen LogP contribution is 2.37. The number of hydrogen-bond donors (Lipinski definition) is 1. The molecule has 2 saturated heterocycles. The van der Waals surface area contributed by atoms with Crippen molar-refractivity contribution in [3.63, 3.8) is 0 Å². The van der Waals surface area contributed by atoms with Crippen molar-refractivity contribution in [2.45, 2.75) is 37.3 Å². The first-order valence-electron chi connectivity index (χ1n) is 15.8. The summed E-state index contributed by atoms with van der Waals surface area (Å²) in [7, 11) is 3.82. The monoisotopic (exact) mass is 638 g/mol. The predicted octanol–water partition coefficient (Wildman–Crippen LogP) is 4.10. The summed E-state index contributed by atoms with van der Waals surface area (Å²) in [6.07, 6.45) is 8.65. The number of amides is 2. The Morgan fingerprint density at radius 2 is 1.76 bits per heavy atom. The third-order valence-corrected chi connectivity index (χ3v) is 10.8. The van der Waals surface area contributed by atoms with Gasteiger partial charge >= 0.3 is 0 Å². The van der Waals surface area contributed by atoms with Crippen molar-refractivity contribution in [2.75, 3.05) is 26.2 Å². The summed E-state index contributed by atoms with van der Waals surface area (Å²) < 4.78 is 5.27. The van der Waals surface area contributed by atoms with Gasteiger partial charge in [0.2, 0.25) is 5.91 Å². The highest BCUT2D eigenvalue weighted by Gasteiger charge is 2.42. The Kier molecular flexibility index (Phi) is 7.90. The smallest absolute Gasteiger partial charge is 0.263 e. The van der Waals surface area contributed by atoms with E-state index in [0.29, 0.717) is 61.4 Å². The number of hydrogen-bond acceptors (Lipinski definition) is 6. The molecule has 1 N–H and O–H groups in total. The van der Waals surface area contributed by atoms with Gasteiger partial charge in [-0.25, -0.2) is 4.98 Å². The first-order chi connectivity index (χ1) is 22.2. The molecule has 0 bridgehead atoms. The Balaban J connectivity index is 1.04. The minimum absolute atomic E-state index is 0.000436. The van der Waals surface area contributed by atoms with E-state index in [9.17, 15) is 19.5 Å². The number of carbonyl (C=O) groups excluding carboxylic acids is 2. The third kappa shape index (κ3) is 5.69. The summed E-state index contributed by atoms with van der Waals surface area (Å²) in [6.45, 7) is 1.92. The second-order valence-corrected chi connectivity index (χ2v) is 13.9. The van der Waals surface area contributed by atoms with Crippen LogP contribution in [0.5, 0.6) is 0 Å². The second-order valence-electron chi connectivity index (χ2n) is 12.8. The topological polar surface area (TPSA) is 106 Å². The summed E-state index contributed by atoms with van der Waals surface area (Å²) >= 11 is 1.50. The second kappa shape index (κ2) is 12.0. The summed E-state index contributed by atoms with van der Waals surface area (Å²) in [4.78, 5) is 50.8. The van der Waals surface area contributed by atoms with Crippen LogP contribution in [0.3, 0.4) is 0 Å². The van der Waals surface area contributed by atoms with E-state index in [0.717, 1.165) is 16.0 Å². The van der Waals surface area contributed by atoms with Crippen LogP contribution >= 0.6 is 11.3 Å². The van der Waals surface area contributed by atoms with Crippen LogP contribution in [0.1, 0.15) is 40.4 Å². The molecule has 0 aliphatic carbocycles. The number of carbonyl (C=O) groups is 2. The van der Waals surface area contributed by atoms with Gasteiger partial charge in [0.25, 0.3) is 11.5 Å². The van der Waals surface area contributed by atoms with Gasteiger partial charge in [-0.2, -0.15) is 0 Å². The molecule has 0 saturated carbocycles. The van der Waals surface area contributed by atoms with Crippen molar-refractivity contribution >= 4 is 34.2 Å². The lowest BCUT2D eigenvalue weighted by molar-refractivity contribution is -0.142. The van der Waals surface area contributed by atoms with Crippen LogP contribution < -0.4 is 5.56 Å². The number of fused-ring (bicyclic) bond motifs is 1. The van der Waals surface area contributed by atoms with Gasteiger partial charge < -0.3 is 24.0 Å². The number of aromatic nitrogens is 4. The minimum atomic E-state index is -1.11. The summed E-state index contributed by atoms with van der Waals surface area (Å²) in [5.41, 5.74) is 1.46. The van der Waals surface area contributed by atoms with Gasteiger partial charge in [0.05, 0.1) is 22.4 Å². The average Bonchev–Trinajstić information content (AvgIpc) is 3.83. The Bertz CT molecular complexity index is 1950. The quantitative estimate of drug-likeness (QED) is 0.302. The van der Waals surface area contributed by atoms with Gasteiger partial charge in [-0.3, -0.25) is 19.0 Å². The fraction of sp³-hybridized carbons (Fsp3) is 0.371. The molecule has 2 aliphatic rings. The normalized spacial score (nSPS) is 19.9. The molecule has 10 nitrogen and oxygen atoms in total. The molecular weight excluding hydrogens is 600 g/mol. The molecule has 0 unspecified atom stereocenters. The molecule has 2 atom stereocenters. The molecule has 238 valence electrons. The van der Waals surface area contributed by atoms with Gasteiger partial charge in [0.1, 0.15) is 12.0 Å². The van der Waals surface area contributed by atoms with Crippen LogP contribution in [-0.4, -0.2) is 77.2 Å². The number of piperidine rings is 2. The summed E-state index contributed by atoms with van der Waals surface area (Å²) in [6, 6.07) is 17.7. The standard InChI is InChI=1S/C35H38N6O4S/c1-37-15-10-25(20-37)29-8-9-30(46-29)34(44)40-17-12-26(28(21-40)24-6-4-3-5-7-24)32(42)39-18-13-35(45,14-19-39)22-41-23-36-31-27(33(41)43)11-16-38(31)2/h3-11,15-16,20,23,26,28,45H,12-14,17-19,21-22H2,1-2H3/t26-,28+/m1/s1. The van der Waals surface area contributed by atoms with E-state index < -0.39 is 5.60 Å². The summed E-state index contributed by atoms with van der Waals surface area (Å²) in [5.74, 6) is -0.341. The number of aliphatic hydroxyl groups is 1. The zero-order valence-corrected chi connectivity index (χ0v) is 26.9. The van der Waals surface area contributed by atoms with Gasteiger partial charge in [-0.1, -0.05) is 30.3 Å². The van der Waals surface area contributed by atoms with Crippen LogP contribution in [-0.2, 0) is 25.4 Å². The molecule has 0 radical (unpaired) electrons. The maximum Gasteiger partial charge on any atom is 0.263 e. The van der Waals surface area contributed by atoms with E-state index >= 15 is 0 Å². The molecule has 2 amide bonds. The first-order valence-corrected chi connectivity index (χ1v) is 16.6. The van der Waals surface area contributed by atoms with Gasteiger partial charge in [0.15, 0.2) is 0 Å². The molecule has 46 heavy (non-hydrogen) atoms. The Hall–Kier alpha value is -4.48. The van der Waals surface area contributed by atoms with Crippen LogP contribution in [0.15, 0.2) is 84.3 Å². The number of aryl methyl sites for hydroxylation is 2. The fourth-order valence-corrected chi connectivity index (χ4v) is 7.99. The lowest BCUT2D eigenvalue weighted by atomic mass is 9.79. The zero-order chi connectivity index (χ0) is 32.0. The largest absolute Gasteiger partial charge is 0.388 e. The number of thiophene rings is 1. The number of likely N-dealkylation sites (tertiary alicyclic amines) is 2. The molecule has 7 rings (SSSR count). The van der Waals surface area contributed by atoms with Crippen LogP contribution in [0, 0.1) is 5.92 Å². The minimum Gasteiger partial charge on any atom is -0.388 e. The van der Waals surface area contributed by atoms with Crippen molar-refractivity contribution in [3.05, 3.63) is 100 Å². The highest BCUT2D eigenvalue weighted by molar-refractivity contribution is 7.17. The van der Waals surface area contributed by atoms with Crippen molar-refractivity contribution in [1.29, 1.82) is 0 Å². The molecule has 5 aromatic rings. The lowest BCUT2D eigenvalue weighted by Crippen LogP contribution is -2.53. The van der Waals surface area contributed by atoms with Crippen molar-refractivity contribution in [1.82, 2.24) is 28.5 Å². The molecular formula is C35H38N6O4S. The van der Waals surface area contributed by atoms with E-state index in [2.05, 4.69) is 4.98 Å². The van der Waals surface area contributed by atoms with Crippen LogP contribution in [0.2, 0.25) is 0 Å². The van der Waals surface area contributed by atoms with Gasteiger partial charge in [0, 0.05) is 81.1 Å².